The number of halogens is 5. The van der Waals surface area contributed by atoms with Gasteiger partial charge in [-0.25, -0.2) is 4.98 Å². The van der Waals surface area contributed by atoms with Crippen molar-refractivity contribution in [2.45, 2.75) is 6.36 Å². The molecule has 3 nitrogen and oxygen atoms in total. The van der Waals surface area contributed by atoms with Gasteiger partial charge in [-0.3, -0.25) is 0 Å². The molecular weight excluding hydrogens is 246 g/mol. The van der Waals surface area contributed by atoms with Gasteiger partial charge in [0.15, 0.2) is 16.7 Å². The molecule has 0 saturated heterocycles. The summed E-state index contributed by atoms with van der Waals surface area (Å²) in [6.45, 7) is 0. The standard InChI is InChI=1S/C6H2Cl2F3NO2/c7-3-2(14-6(9,10)11)1-12-5(8)4(3)13/h1,13H. The van der Waals surface area contributed by atoms with E-state index in [1.165, 1.54) is 0 Å². The van der Waals surface area contributed by atoms with Crippen LogP contribution in [0.2, 0.25) is 10.2 Å². The summed E-state index contributed by atoms with van der Waals surface area (Å²) in [4.78, 5) is 3.23. The summed E-state index contributed by atoms with van der Waals surface area (Å²) >= 11 is 10.6. The Balaban J connectivity index is 3.06. The predicted molar refractivity (Wildman–Crippen MR) is 42.6 cm³/mol. The number of rotatable bonds is 1. The molecule has 0 radical (unpaired) electrons. The average molecular weight is 248 g/mol. The maximum Gasteiger partial charge on any atom is 0.573 e. The van der Waals surface area contributed by atoms with Crippen molar-refractivity contribution in [2.24, 2.45) is 0 Å². The van der Waals surface area contributed by atoms with Gasteiger partial charge in [0.25, 0.3) is 0 Å². The van der Waals surface area contributed by atoms with E-state index in [-0.39, 0.29) is 0 Å². The first-order chi connectivity index (χ1) is 6.31. The Kier molecular flexibility index (Phi) is 2.96. The van der Waals surface area contributed by atoms with E-state index in [9.17, 15) is 13.2 Å². The Morgan fingerprint density at radius 2 is 1.93 bits per heavy atom. The van der Waals surface area contributed by atoms with E-state index in [4.69, 9.17) is 28.3 Å². The van der Waals surface area contributed by atoms with Crippen LogP contribution in [0, 0.1) is 0 Å². The van der Waals surface area contributed by atoms with Crippen LogP contribution in [0.5, 0.6) is 11.5 Å². The van der Waals surface area contributed by atoms with Crippen LogP contribution in [0.25, 0.3) is 0 Å². The first-order valence-electron chi connectivity index (χ1n) is 3.10. The first kappa shape index (κ1) is 11.2. The van der Waals surface area contributed by atoms with Crippen LogP contribution in [-0.2, 0) is 0 Å². The fourth-order valence-corrected chi connectivity index (χ4v) is 1.00. The second kappa shape index (κ2) is 3.70. The van der Waals surface area contributed by atoms with Crippen LogP contribution < -0.4 is 4.74 Å². The number of nitrogens with zero attached hydrogens (tertiary/aromatic N) is 1. The van der Waals surface area contributed by atoms with Crippen molar-refractivity contribution < 1.29 is 23.0 Å². The van der Waals surface area contributed by atoms with E-state index in [0.717, 1.165) is 0 Å². The summed E-state index contributed by atoms with van der Waals surface area (Å²) in [5.41, 5.74) is 0. The molecule has 0 fully saturated rings. The monoisotopic (exact) mass is 247 g/mol. The summed E-state index contributed by atoms with van der Waals surface area (Å²) in [5.74, 6) is -1.56. The first-order valence-corrected chi connectivity index (χ1v) is 3.85. The molecule has 1 rings (SSSR count). The summed E-state index contributed by atoms with van der Waals surface area (Å²) in [7, 11) is 0. The maximum absolute atomic E-state index is 11.7. The van der Waals surface area contributed by atoms with Crippen LogP contribution in [0.3, 0.4) is 0 Å². The van der Waals surface area contributed by atoms with E-state index in [2.05, 4.69) is 9.72 Å². The fourth-order valence-electron chi connectivity index (χ4n) is 0.636. The molecule has 0 amide bonds. The average Bonchev–Trinajstić information content (AvgIpc) is 2.04. The SMILES string of the molecule is Oc1c(Cl)ncc(OC(F)(F)F)c1Cl. The molecule has 0 aliphatic carbocycles. The van der Waals surface area contributed by atoms with Crippen molar-refractivity contribution in [3.63, 3.8) is 0 Å². The topological polar surface area (TPSA) is 42.4 Å². The number of hydrogen-bond acceptors (Lipinski definition) is 3. The molecule has 0 bridgehead atoms. The normalized spacial score (nSPS) is 11.5. The highest BCUT2D eigenvalue weighted by Gasteiger charge is 2.33. The number of pyridine rings is 1. The minimum absolute atomic E-state index is 0.399. The van der Waals surface area contributed by atoms with Crippen molar-refractivity contribution in [1.82, 2.24) is 4.98 Å². The van der Waals surface area contributed by atoms with Crippen LogP contribution in [0.15, 0.2) is 6.20 Å². The van der Waals surface area contributed by atoms with Crippen molar-refractivity contribution in [3.8, 4) is 11.5 Å². The van der Waals surface area contributed by atoms with Crippen molar-refractivity contribution >= 4 is 23.2 Å². The maximum atomic E-state index is 11.7. The molecule has 1 aromatic rings. The van der Waals surface area contributed by atoms with Crippen molar-refractivity contribution in [2.75, 3.05) is 0 Å². The Hall–Kier alpha value is -0.880. The summed E-state index contributed by atoms with van der Waals surface area (Å²) < 4.78 is 38.6. The molecule has 1 aromatic heterocycles. The zero-order valence-corrected chi connectivity index (χ0v) is 7.78. The highest BCUT2D eigenvalue weighted by Crippen LogP contribution is 2.38. The third-order valence-electron chi connectivity index (χ3n) is 1.14. The quantitative estimate of drug-likeness (QED) is 0.776. The molecule has 0 saturated carbocycles. The Bertz CT molecular complexity index is 356. The van der Waals surface area contributed by atoms with Gasteiger partial charge in [-0.05, 0) is 0 Å². The lowest BCUT2D eigenvalue weighted by Crippen LogP contribution is -2.17. The van der Waals surface area contributed by atoms with Crippen molar-refractivity contribution in [1.29, 1.82) is 0 Å². The predicted octanol–water partition coefficient (Wildman–Crippen LogP) is 2.99. The third kappa shape index (κ3) is 2.55. The Morgan fingerprint density at radius 1 is 1.36 bits per heavy atom. The fraction of sp³-hybridized carbons (Fsp3) is 0.167. The zero-order valence-electron chi connectivity index (χ0n) is 6.27. The Labute approximate surface area is 86.0 Å². The highest BCUT2D eigenvalue weighted by atomic mass is 35.5. The zero-order chi connectivity index (χ0) is 10.9. The number of aromatic hydroxyl groups is 1. The van der Waals surface area contributed by atoms with Gasteiger partial charge in [0.05, 0.1) is 6.20 Å². The van der Waals surface area contributed by atoms with Crippen molar-refractivity contribution in [3.05, 3.63) is 16.4 Å². The minimum atomic E-state index is -4.90. The van der Waals surface area contributed by atoms with E-state index >= 15 is 0 Å². The molecule has 1 N–H and O–H groups in total. The van der Waals surface area contributed by atoms with Gasteiger partial charge in [0, 0.05) is 0 Å². The highest BCUT2D eigenvalue weighted by molar-refractivity contribution is 6.37. The molecule has 8 heteroatoms. The van der Waals surface area contributed by atoms with Gasteiger partial charge in [-0.1, -0.05) is 23.2 Å². The molecule has 1 heterocycles. The second-order valence-corrected chi connectivity index (χ2v) is 2.86. The second-order valence-electron chi connectivity index (χ2n) is 2.12. The molecule has 0 aliphatic rings. The summed E-state index contributed by atoms with van der Waals surface area (Å²) in [6, 6.07) is 0. The molecule has 14 heavy (non-hydrogen) atoms. The van der Waals surface area contributed by atoms with Crippen LogP contribution in [-0.4, -0.2) is 16.5 Å². The van der Waals surface area contributed by atoms with Gasteiger partial charge in [0.2, 0.25) is 0 Å². The van der Waals surface area contributed by atoms with Gasteiger partial charge in [-0.15, -0.1) is 13.2 Å². The number of alkyl halides is 3. The molecule has 0 spiro atoms. The summed E-state index contributed by atoms with van der Waals surface area (Å²) in [6.07, 6.45) is -4.23. The van der Waals surface area contributed by atoms with Crippen LogP contribution >= 0.6 is 23.2 Å². The van der Waals surface area contributed by atoms with E-state index in [1.807, 2.05) is 0 Å². The molecule has 0 atom stereocenters. The van der Waals surface area contributed by atoms with Gasteiger partial charge in [0.1, 0.15) is 5.02 Å². The van der Waals surface area contributed by atoms with E-state index in [1.54, 1.807) is 0 Å². The number of aromatic nitrogens is 1. The van der Waals surface area contributed by atoms with Gasteiger partial charge in [-0.2, -0.15) is 0 Å². The smallest absolute Gasteiger partial charge is 0.504 e. The molecule has 78 valence electrons. The largest absolute Gasteiger partial charge is 0.573 e. The molecular formula is C6H2Cl2F3NO2. The summed E-state index contributed by atoms with van der Waals surface area (Å²) in [5, 5.41) is 7.97. The number of hydrogen-bond donors (Lipinski definition) is 1. The van der Waals surface area contributed by atoms with Crippen LogP contribution in [0.1, 0.15) is 0 Å². The van der Waals surface area contributed by atoms with Crippen LogP contribution in [0.4, 0.5) is 13.2 Å². The van der Waals surface area contributed by atoms with E-state index < -0.39 is 28.0 Å². The molecule has 0 unspecified atom stereocenters. The van der Waals surface area contributed by atoms with E-state index in [0.29, 0.717) is 6.20 Å². The molecule has 0 aliphatic heterocycles. The lowest BCUT2D eigenvalue weighted by molar-refractivity contribution is -0.274. The van der Waals surface area contributed by atoms with Gasteiger partial charge >= 0.3 is 6.36 Å². The Morgan fingerprint density at radius 3 is 2.43 bits per heavy atom. The number of ether oxygens (including phenoxy) is 1. The lowest BCUT2D eigenvalue weighted by atomic mass is 10.4. The lowest BCUT2D eigenvalue weighted by Gasteiger charge is -2.10. The molecule has 0 aromatic carbocycles. The third-order valence-corrected chi connectivity index (χ3v) is 1.78. The van der Waals surface area contributed by atoms with Gasteiger partial charge < -0.3 is 9.84 Å². The minimum Gasteiger partial charge on any atom is -0.504 e.